The number of halogens is 1. The zero-order chi connectivity index (χ0) is 13.5. The number of carbonyl (C=O) groups is 1. The van der Waals surface area contributed by atoms with E-state index in [0.717, 1.165) is 5.56 Å². The van der Waals surface area contributed by atoms with Crippen molar-refractivity contribution in [1.29, 1.82) is 0 Å². The van der Waals surface area contributed by atoms with Crippen molar-refractivity contribution in [2.75, 3.05) is 13.2 Å². The zero-order valence-electron chi connectivity index (χ0n) is 11.1. The van der Waals surface area contributed by atoms with Crippen LogP contribution in [0.4, 0.5) is 4.39 Å². The maximum absolute atomic E-state index is 13.7. The van der Waals surface area contributed by atoms with Crippen molar-refractivity contribution >= 4 is 5.91 Å². The Hall–Kier alpha value is -1.58. The molecule has 0 aliphatic carbocycles. The lowest BCUT2D eigenvalue weighted by atomic mass is 10.0. The number of amides is 1. The molecule has 0 fully saturated rings. The molecule has 100 valence electrons. The first kappa shape index (κ1) is 14.5. The molecule has 0 unspecified atom stereocenters. The van der Waals surface area contributed by atoms with Gasteiger partial charge in [0, 0.05) is 13.5 Å². The Morgan fingerprint density at radius 3 is 2.72 bits per heavy atom. The van der Waals surface area contributed by atoms with Gasteiger partial charge in [-0.1, -0.05) is 19.9 Å². The summed E-state index contributed by atoms with van der Waals surface area (Å²) in [6, 6.07) is 5.04. The van der Waals surface area contributed by atoms with Crippen molar-refractivity contribution in [3.63, 3.8) is 0 Å². The molecule has 0 atom stereocenters. The molecule has 0 spiro atoms. The molecule has 1 amide bonds. The SMILES string of the molecule is CC(=O)NCCCOc1ccc(C(C)C)cc1F. The van der Waals surface area contributed by atoms with Crippen LogP contribution in [0, 0.1) is 5.82 Å². The van der Waals surface area contributed by atoms with Crippen molar-refractivity contribution < 1.29 is 13.9 Å². The van der Waals surface area contributed by atoms with Gasteiger partial charge in [0.05, 0.1) is 6.61 Å². The Morgan fingerprint density at radius 2 is 2.17 bits per heavy atom. The predicted molar refractivity (Wildman–Crippen MR) is 69.3 cm³/mol. The largest absolute Gasteiger partial charge is 0.490 e. The summed E-state index contributed by atoms with van der Waals surface area (Å²) in [6.45, 7) is 6.43. The number of benzene rings is 1. The number of hydrogen-bond acceptors (Lipinski definition) is 2. The van der Waals surface area contributed by atoms with E-state index >= 15 is 0 Å². The fraction of sp³-hybridized carbons (Fsp3) is 0.500. The van der Waals surface area contributed by atoms with E-state index in [2.05, 4.69) is 5.32 Å². The Bertz CT molecular complexity index is 405. The molecule has 0 bridgehead atoms. The zero-order valence-corrected chi connectivity index (χ0v) is 11.1. The highest BCUT2D eigenvalue weighted by Crippen LogP contribution is 2.22. The predicted octanol–water partition coefficient (Wildman–Crippen LogP) is 2.85. The Balaban J connectivity index is 2.41. The maximum atomic E-state index is 13.7. The van der Waals surface area contributed by atoms with Crippen LogP contribution in [0.1, 0.15) is 38.7 Å². The van der Waals surface area contributed by atoms with Gasteiger partial charge in [0.15, 0.2) is 11.6 Å². The van der Waals surface area contributed by atoms with Crippen LogP contribution in [0.3, 0.4) is 0 Å². The molecule has 0 aliphatic heterocycles. The van der Waals surface area contributed by atoms with Gasteiger partial charge in [-0.05, 0) is 30.0 Å². The molecule has 0 saturated carbocycles. The molecule has 1 aromatic rings. The molecular formula is C14H20FNO2. The van der Waals surface area contributed by atoms with Gasteiger partial charge in [0.2, 0.25) is 5.91 Å². The van der Waals surface area contributed by atoms with E-state index in [-0.39, 0.29) is 17.5 Å². The fourth-order valence-electron chi connectivity index (χ4n) is 1.51. The van der Waals surface area contributed by atoms with Gasteiger partial charge in [-0.15, -0.1) is 0 Å². The molecule has 18 heavy (non-hydrogen) atoms. The van der Waals surface area contributed by atoms with Crippen LogP contribution in [0.2, 0.25) is 0 Å². The summed E-state index contributed by atoms with van der Waals surface area (Å²) in [5.74, 6) is 0.165. The van der Waals surface area contributed by atoms with Gasteiger partial charge in [-0.25, -0.2) is 4.39 Å². The number of nitrogens with one attached hydrogen (secondary N) is 1. The molecular weight excluding hydrogens is 233 g/mol. The number of rotatable bonds is 6. The van der Waals surface area contributed by atoms with Crippen LogP contribution in [-0.4, -0.2) is 19.1 Å². The summed E-state index contributed by atoms with van der Waals surface area (Å²) in [4.78, 5) is 10.6. The van der Waals surface area contributed by atoms with Crippen LogP contribution >= 0.6 is 0 Å². The lowest BCUT2D eigenvalue weighted by Gasteiger charge is -2.10. The van der Waals surface area contributed by atoms with Crippen LogP contribution in [0.15, 0.2) is 18.2 Å². The molecule has 0 heterocycles. The van der Waals surface area contributed by atoms with E-state index in [9.17, 15) is 9.18 Å². The van der Waals surface area contributed by atoms with Crippen molar-refractivity contribution in [2.45, 2.75) is 33.1 Å². The third-order valence-corrected chi connectivity index (χ3v) is 2.58. The second-order valence-corrected chi connectivity index (χ2v) is 4.53. The molecule has 0 aliphatic rings. The normalized spacial score (nSPS) is 10.5. The van der Waals surface area contributed by atoms with E-state index in [1.54, 1.807) is 6.07 Å². The molecule has 3 nitrogen and oxygen atoms in total. The quantitative estimate of drug-likeness (QED) is 0.792. The molecule has 1 rings (SSSR count). The van der Waals surface area contributed by atoms with Crippen molar-refractivity contribution in [3.8, 4) is 5.75 Å². The van der Waals surface area contributed by atoms with E-state index in [4.69, 9.17) is 4.74 Å². The highest BCUT2D eigenvalue weighted by Gasteiger charge is 2.06. The molecule has 0 saturated heterocycles. The second kappa shape index (κ2) is 6.99. The number of hydrogen-bond donors (Lipinski definition) is 1. The average Bonchev–Trinajstić information content (AvgIpc) is 2.29. The molecule has 0 radical (unpaired) electrons. The van der Waals surface area contributed by atoms with Gasteiger partial charge in [-0.2, -0.15) is 0 Å². The Kier molecular flexibility index (Phi) is 5.62. The van der Waals surface area contributed by atoms with Crippen LogP contribution in [0.25, 0.3) is 0 Å². The van der Waals surface area contributed by atoms with E-state index in [1.807, 2.05) is 19.9 Å². The third kappa shape index (κ3) is 4.73. The summed E-state index contributed by atoms with van der Waals surface area (Å²) in [5, 5.41) is 2.66. The van der Waals surface area contributed by atoms with E-state index < -0.39 is 0 Å². The van der Waals surface area contributed by atoms with Gasteiger partial charge in [0.1, 0.15) is 0 Å². The summed E-state index contributed by atoms with van der Waals surface area (Å²) < 4.78 is 19.0. The minimum absolute atomic E-state index is 0.0672. The Labute approximate surface area is 107 Å². The minimum atomic E-state index is -0.333. The number of ether oxygens (including phenoxy) is 1. The second-order valence-electron chi connectivity index (χ2n) is 4.53. The third-order valence-electron chi connectivity index (χ3n) is 2.58. The summed E-state index contributed by atoms with van der Waals surface area (Å²) in [6.07, 6.45) is 0.658. The van der Waals surface area contributed by atoms with Gasteiger partial charge in [-0.3, -0.25) is 4.79 Å². The first-order chi connectivity index (χ1) is 8.50. The summed E-state index contributed by atoms with van der Waals surface area (Å²) in [7, 11) is 0. The van der Waals surface area contributed by atoms with Crippen molar-refractivity contribution in [1.82, 2.24) is 5.32 Å². The molecule has 0 aromatic heterocycles. The van der Waals surface area contributed by atoms with Crippen LogP contribution < -0.4 is 10.1 Å². The smallest absolute Gasteiger partial charge is 0.216 e. The first-order valence-corrected chi connectivity index (χ1v) is 6.17. The standard InChI is InChI=1S/C14H20FNO2/c1-10(2)12-5-6-14(13(15)9-12)18-8-4-7-16-11(3)17/h5-6,9-10H,4,7-8H2,1-3H3,(H,16,17). The molecule has 4 heteroatoms. The van der Waals surface area contributed by atoms with E-state index in [0.29, 0.717) is 25.5 Å². The Morgan fingerprint density at radius 1 is 1.44 bits per heavy atom. The highest BCUT2D eigenvalue weighted by molar-refractivity contribution is 5.72. The maximum Gasteiger partial charge on any atom is 0.216 e. The summed E-state index contributed by atoms with van der Waals surface area (Å²) in [5.41, 5.74) is 0.957. The average molecular weight is 253 g/mol. The first-order valence-electron chi connectivity index (χ1n) is 6.17. The van der Waals surface area contributed by atoms with Crippen molar-refractivity contribution in [2.24, 2.45) is 0 Å². The fourth-order valence-corrected chi connectivity index (χ4v) is 1.51. The minimum Gasteiger partial charge on any atom is -0.490 e. The number of carbonyl (C=O) groups excluding carboxylic acids is 1. The molecule has 1 aromatic carbocycles. The van der Waals surface area contributed by atoms with Gasteiger partial charge < -0.3 is 10.1 Å². The molecule has 1 N–H and O–H groups in total. The van der Waals surface area contributed by atoms with Gasteiger partial charge >= 0.3 is 0 Å². The lowest BCUT2D eigenvalue weighted by Crippen LogP contribution is -2.22. The summed E-state index contributed by atoms with van der Waals surface area (Å²) >= 11 is 0. The van der Waals surface area contributed by atoms with Crippen LogP contribution in [-0.2, 0) is 4.79 Å². The monoisotopic (exact) mass is 253 g/mol. The topological polar surface area (TPSA) is 38.3 Å². The van der Waals surface area contributed by atoms with Crippen LogP contribution in [0.5, 0.6) is 5.75 Å². The highest BCUT2D eigenvalue weighted by atomic mass is 19.1. The lowest BCUT2D eigenvalue weighted by molar-refractivity contribution is -0.118. The van der Waals surface area contributed by atoms with E-state index in [1.165, 1.54) is 13.0 Å². The van der Waals surface area contributed by atoms with Gasteiger partial charge in [0.25, 0.3) is 0 Å². The van der Waals surface area contributed by atoms with Crippen molar-refractivity contribution in [3.05, 3.63) is 29.6 Å².